The van der Waals surface area contributed by atoms with Crippen LogP contribution in [0, 0.1) is 22.7 Å². The Balaban J connectivity index is 1.17. The summed E-state index contributed by atoms with van der Waals surface area (Å²) in [5.74, 6) is 0.357. The van der Waals surface area contributed by atoms with Crippen molar-refractivity contribution < 1.29 is 0 Å². The minimum Gasteiger partial charge on any atom is -0.309 e. The molecule has 0 spiro atoms. The summed E-state index contributed by atoms with van der Waals surface area (Å²) in [7, 11) is 0. The van der Waals surface area contributed by atoms with Gasteiger partial charge in [0.2, 0.25) is 0 Å². The maximum Gasteiger partial charge on any atom is 0.0992 e. The number of nitrogens with zero attached hydrogens (tertiary/aromatic N) is 4. The number of hydrogen-bond donors (Lipinski definition) is 0. The Hall–Kier alpha value is -6.62. The third-order valence-corrected chi connectivity index (χ3v) is 10.0. The van der Waals surface area contributed by atoms with Crippen molar-refractivity contribution >= 4 is 38.8 Å². The highest BCUT2D eigenvalue weighted by Crippen LogP contribution is 2.42. The van der Waals surface area contributed by atoms with Gasteiger partial charge in [-0.25, -0.2) is 0 Å². The predicted octanol–water partition coefficient (Wildman–Crippen LogP) is 11.3. The topological polar surface area (TPSA) is 57.4 Å². The van der Waals surface area contributed by atoms with Gasteiger partial charge in [0.25, 0.3) is 0 Å². The zero-order chi connectivity index (χ0) is 33.1. The second kappa shape index (κ2) is 11.3. The summed E-state index contributed by atoms with van der Waals surface area (Å²) >= 11 is 0. The van der Waals surface area contributed by atoms with E-state index in [1.807, 2.05) is 30.3 Å². The van der Waals surface area contributed by atoms with Crippen molar-refractivity contribution in [3.8, 4) is 45.8 Å². The summed E-state index contributed by atoms with van der Waals surface area (Å²) in [4.78, 5) is 0. The van der Waals surface area contributed by atoms with Crippen LogP contribution in [0.3, 0.4) is 0 Å². The maximum absolute atomic E-state index is 9.92. The molecule has 0 bridgehead atoms. The van der Waals surface area contributed by atoms with E-state index < -0.39 is 0 Å². The molecule has 0 amide bonds. The molecule has 4 heteroatoms. The van der Waals surface area contributed by atoms with Gasteiger partial charge in [-0.3, -0.25) is 0 Å². The first-order valence-corrected chi connectivity index (χ1v) is 16.6. The summed E-state index contributed by atoms with van der Waals surface area (Å²) in [5, 5.41) is 23.4. The lowest BCUT2D eigenvalue weighted by Crippen LogP contribution is -2.04. The molecule has 0 saturated carbocycles. The Labute approximate surface area is 284 Å². The van der Waals surface area contributed by atoms with Gasteiger partial charge in [0, 0.05) is 27.4 Å². The lowest BCUT2D eigenvalue weighted by molar-refractivity contribution is 0.773. The molecule has 1 atom stereocenters. The predicted molar refractivity (Wildman–Crippen MR) is 200 cm³/mol. The molecule has 230 valence electrons. The normalized spacial score (nSPS) is 13.8. The van der Waals surface area contributed by atoms with Gasteiger partial charge in [-0.1, -0.05) is 91.9 Å². The zero-order valence-electron chi connectivity index (χ0n) is 26.9. The average Bonchev–Trinajstić information content (AvgIpc) is 3.68. The fourth-order valence-electron chi connectivity index (χ4n) is 7.74. The van der Waals surface area contributed by atoms with Crippen molar-refractivity contribution in [2.24, 2.45) is 0 Å². The molecular weight excluding hydrogens is 597 g/mol. The summed E-state index contributed by atoms with van der Waals surface area (Å²) in [6.45, 7) is 2.26. The third-order valence-electron chi connectivity index (χ3n) is 10.0. The van der Waals surface area contributed by atoms with Crippen LogP contribution in [0.25, 0.3) is 72.4 Å². The van der Waals surface area contributed by atoms with Crippen LogP contribution in [-0.2, 0) is 0 Å². The van der Waals surface area contributed by atoms with Crippen LogP contribution in [-0.4, -0.2) is 9.13 Å². The quantitative estimate of drug-likeness (QED) is 0.195. The number of para-hydroxylation sites is 2. The van der Waals surface area contributed by atoms with Crippen LogP contribution in [0.2, 0.25) is 0 Å². The van der Waals surface area contributed by atoms with E-state index >= 15 is 0 Å². The third kappa shape index (κ3) is 4.50. The molecule has 2 aromatic heterocycles. The molecular formula is C45H30N4. The van der Waals surface area contributed by atoms with E-state index in [9.17, 15) is 10.5 Å². The molecule has 6 aromatic carbocycles. The molecule has 49 heavy (non-hydrogen) atoms. The number of hydrogen-bond acceptors (Lipinski definition) is 2. The number of allylic oxidation sites excluding steroid dienone is 1. The van der Waals surface area contributed by atoms with Gasteiger partial charge < -0.3 is 9.13 Å². The molecule has 2 heterocycles. The van der Waals surface area contributed by atoms with Crippen LogP contribution in [0.15, 0.2) is 140 Å². The smallest absolute Gasteiger partial charge is 0.0992 e. The molecule has 0 radical (unpaired) electrons. The van der Waals surface area contributed by atoms with Gasteiger partial charge in [0.05, 0.1) is 51.2 Å². The Morgan fingerprint density at radius 2 is 1.24 bits per heavy atom. The molecule has 1 aliphatic carbocycles. The molecule has 0 fully saturated rings. The Morgan fingerprint density at radius 3 is 1.98 bits per heavy atom. The number of benzene rings is 6. The fraction of sp³-hybridized carbons (Fsp3) is 0.0667. The van der Waals surface area contributed by atoms with Gasteiger partial charge in [-0.15, -0.1) is 0 Å². The second-order valence-electron chi connectivity index (χ2n) is 12.9. The Kier molecular flexibility index (Phi) is 6.57. The van der Waals surface area contributed by atoms with Gasteiger partial charge in [-0.2, -0.15) is 10.5 Å². The number of nitriles is 2. The summed E-state index contributed by atoms with van der Waals surface area (Å²) in [5.41, 5.74) is 13.4. The molecule has 9 rings (SSSR count). The molecule has 0 saturated heterocycles. The standard InChI is InChI=1S/C45H30N4/c1-29-8-6-15-43-45(29)38-22-16-31(28-47)25-44(38)49(43)42-23-17-30(27-46)24-39(42)33-20-18-32(19-21-33)34-9-7-10-35(26-34)48-40-13-4-2-11-36(40)37-12-3-5-14-41(37)48/h2-7,9-26,29H,8H2,1H3. The monoisotopic (exact) mass is 626 g/mol. The lowest BCUT2D eigenvalue weighted by Gasteiger charge is -2.19. The van der Waals surface area contributed by atoms with Crippen LogP contribution in [0.1, 0.15) is 41.6 Å². The first-order valence-electron chi connectivity index (χ1n) is 16.6. The fourth-order valence-corrected chi connectivity index (χ4v) is 7.74. The summed E-state index contributed by atoms with van der Waals surface area (Å²) < 4.78 is 4.62. The van der Waals surface area contributed by atoms with E-state index in [0.717, 1.165) is 51.3 Å². The minimum atomic E-state index is 0.357. The van der Waals surface area contributed by atoms with Crippen molar-refractivity contribution in [1.29, 1.82) is 10.5 Å². The average molecular weight is 627 g/mol. The van der Waals surface area contributed by atoms with Crippen molar-refractivity contribution in [3.63, 3.8) is 0 Å². The maximum atomic E-state index is 9.92. The SMILES string of the molecule is CC1CC=Cc2c1c1ccc(C#N)cc1n2-c1ccc(C#N)cc1-c1ccc(-c2cccc(-n3c4ccccc4c4ccccc43)c2)cc1. The van der Waals surface area contributed by atoms with E-state index in [2.05, 4.69) is 143 Å². The van der Waals surface area contributed by atoms with Crippen molar-refractivity contribution in [3.05, 3.63) is 162 Å². The van der Waals surface area contributed by atoms with Crippen LogP contribution < -0.4 is 0 Å². The molecule has 1 aliphatic rings. The van der Waals surface area contributed by atoms with E-state index in [4.69, 9.17) is 0 Å². The minimum absolute atomic E-state index is 0.357. The van der Waals surface area contributed by atoms with E-state index in [1.165, 1.54) is 32.8 Å². The van der Waals surface area contributed by atoms with E-state index in [0.29, 0.717) is 17.0 Å². The van der Waals surface area contributed by atoms with Gasteiger partial charge in [-0.05, 0) is 95.3 Å². The van der Waals surface area contributed by atoms with Crippen LogP contribution >= 0.6 is 0 Å². The first kappa shape index (κ1) is 28.6. The highest BCUT2D eigenvalue weighted by molar-refractivity contribution is 6.09. The molecule has 4 nitrogen and oxygen atoms in total. The second-order valence-corrected chi connectivity index (χ2v) is 12.9. The largest absolute Gasteiger partial charge is 0.309 e. The molecule has 0 aliphatic heterocycles. The van der Waals surface area contributed by atoms with Crippen molar-refractivity contribution in [1.82, 2.24) is 9.13 Å². The van der Waals surface area contributed by atoms with Crippen LogP contribution in [0.5, 0.6) is 0 Å². The first-order chi connectivity index (χ1) is 24.1. The van der Waals surface area contributed by atoms with Crippen molar-refractivity contribution in [2.75, 3.05) is 0 Å². The molecule has 0 N–H and O–H groups in total. The number of rotatable bonds is 4. The number of fused-ring (bicyclic) bond motifs is 6. The zero-order valence-corrected chi connectivity index (χ0v) is 26.9. The van der Waals surface area contributed by atoms with Gasteiger partial charge in [0.1, 0.15) is 0 Å². The highest BCUT2D eigenvalue weighted by atomic mass is 15.0. The lowest BCUT2D eigenvalue weighted by atomic mass is 9.90. The molecule has 8 aromatic rings. The highest BCUT2D eigenvalue weighted by Gasteiger charge is 2.25. The van der Waals surface area contributed by atoms with Crippen LogP contribution in [0.4, 0.5) is 0 Å². The van der Waals surface area contributed by atoms with Gasteiger partial charge >= 0.3 is 0 Å². The summed E-state index contributed by atoms with van der Waals surface area (Å²) in [6.07, 6.45) is 5.42. The van der Waals surface area contributed by atoms with Gasteiger partial charge in [0.15, 0.2) is 0 Å². The summed E-state index contributed by atoms with van der Waals surface area (Å²) in [6, 6.07) is 51.1. The number of aromatic nitrogens is 2. The molecule has 1 unspecified atom stereocenters. The van der Waals surface area contributed by atoms with E-state index in [1.54, 1.807) is 0 Å². The Morgan fingerprint density at radius 1 is 0.571 bits per heavy atom. The van der Waals surface area contributed by atoms with E-state index in [-0.39, 0.29) is 0 Å². The Bertz CT molecular complexity index is 2670. The van der Waals surface area contributed by atoms with Crippen molar-refractivity contribution in [2.45, 2.75) is 19.3 Å².